The summed E-state index contributed by atoms with van der Waals surface area (Å²) < 4.78 is 28.2. The number of nitrogens with zero attached hydrogens (tertiary/aromatic N) is 1. The first-order valence-corrected chi connectivity index (χ1v) is 13.5. The van der Waals surface area contributed by atoms with Gasteiger partial charge in [-0.2, -0.15) is 0 Å². The predicted octanol–water partition coefficient (Wildman–Crippen LogP) is 8.28. The summed E-state index contributed by atoms with van der Waals surface area (Å²) in [7, 11) is 0. The molecule has 0 aliphatic carbocycles. The second-order valence-corrected chi connectivity index (χ2v) is 11.6. The molecule has 0 radical (unpaired) electrons. The summed E-state index contributed by atoms with van der Waals surface area (Å²) in [5.41, 5.74) is 4.77. The van der Waals surface area contributed by atoms with Gasteiger partial charge in [-0.1, -0.05) is 62.4 Å². The Morgan fingerprint density at radius 3 is 2.50 bits per heavy atom. The number of hydrogen-bond donors (Lipinski definition) is 0. The highest BCUT2D eigenvalue weighted by atomic mass is 19.1. The molecule has 5 aromatic carbocycles. The molecule has 0 N–H and O–H groups in total. The second-order valence-electron chi connectivity index (χ2n) is 11.6. The van der Waals surface area contributed by atoms with Gasteiger partial charge in [0.1, 0.15) is 17.3 Å². The average molecular weight is 528 g/mol. The lowest BCUT2D eigenvalue weighted by atomic mass is 9.75. The molecule has 1 unspecified atom stereocenters. The summed E-state index contributed by atoms with van der Waals surface area (Å²) in [5, 5.41) is 1.88. The number of ether oxygens (including phenoxy) is 2. The fourth-order valence-corrected chi connectivity index (χ4v) is 6.86. The number of aryl methyl sites for hydroxylation is 1. The van der Waals surface area contributed by atoms with Crippen LogP contribution in [0.3, 0.4) is 0 Å². The molecule has 8 rings (SSSR count). The molecule has 0 saturated carbocycles. The number of fused-ring (bicyclic) bond motifs is 9. The van der Waals surface area contributed by atoms with E-state index in [9.17, 15) is 4.79 Å². The fraction of sp³-hybridized carbons (Fsp3) is 0.171. The van der Waals surface area contributed by atoms with Gasteiger partial charge in [0.2, 0.25) is 0 Å². The molecular formula is C35H26FNO3. The molecular weight excluding hydrogens is 501 g/mol. The maximum absolute atomic E-state index is 15.2. The van der Waals surface area contributed by atoms with Crippen LogP contribution in [0.5, 0.6) is 11.5 Å². The molecule has 1 spiro atoms. The zero-order valence-electron chi connectivity index (χ0n) is 22.4. The van der Waals surface area contributed by atoms with Crippen LogP contribution in [0.4, 0.5) is 15.8 Å². The number of esters is 1. The number of halogens is 1. The lowest BCUT2D eigenvalue weighted by molar-refractivity contribution is 0.0229. The lowest BCUT2D eigenvalue weighted by Crippen LogP contribution is -2.33. The van der Waals surface area contributed by atoms with Crippen LogP contribution in [0.25, 0.3) is 10.8 Å². The average Bonchev–Trinajstić information content (AvgIpc) is 3.39. The summed E-state index contributed by atoms with van der Waals surface area (Å²) in [6.45, 7) is 6.99. The van der Waals surface area contributed by atoms with E-state index in [4.69, 9.17) is 9.47 Å². The Morgan fingerprint density at radius 2 is 1.62 bits per heavy atom. The van der Waals surface area contributed by atoms with Crippen LogP contribution in [0.1, 0.15) is 52.0 Å². The SMILES string of the molecule is Cc1cc2c(cc1F)C1(OC2=O)c2ccc(N3CC(C)(C)c4ccccc43)cc2Oc2ccc3ccccc3c21. The van der Waals surface area contributed by atoms with Gasteiger partial charge in [0.15, 0.2) is 5.60 Å². The van der Waals surface area contributed by atoms with Crippen LogP contribution in [0, 0.1) is 12.7 Å². The first-order chi connectivity index (χ1) is 19.3. The van der Waals surface area contributed by atoms with E-state index in [1.165, 1.54) is 17.3 Å². The quantitative estimate of drug-likeness (QED) is 0.206. The van der Waals surface area contributed by atoms with Gasteiger partial charge in [0, 0.05) is 40.5 Å². The Bertz CT molecular complexity index is 1930. The molecule has 0 aromatic heterocycles. The van der Waals surface area contributed by atoms with Crippen molar-refractivity contribution < 1.29 is 18.7 Å². The standard InChI is InChI=1S/C35H26FNO3/c1-20-16-24-27(18-28(20)36)35(40-33(24)38)26-14-13-22(37-19-34(2,3)25-10-6-7-11-29(25)37)17-31(26)39-30-15-12-21-8-4-5-9-23(21)32(30)35/h4-18H,19H2,1-3H3. The Balaban J connectivity index is 1.40. The first kappa shape index (κ1) is 23.3. The molecule has 0 saturated heterocycles. The van der Waals surface area contributed by atoms with Crippen LogP contribution in [0.2, 0.25) is 0 Å². The molecule has 40 heavy (non-hydrogen) atoms. The van der Waals surface area contributed by atoms with Crippen LogP contribution >= 0.6 is 0 Å². The van der Waals surface area contributed by atoms with Crippen molar-refractivity contribution in [3.05, 3.63) is 130 Å². The van der Waals surface area contributed by atoms with Crippen molar-refractivity contribution >= 4 is 28.1 Å². The van der Waals surface area contributed by atoms with Crippen molar-refractivity contribution in [1.29, 1.82) is 0 Å². The monoisotopic (exact) mass is 527 g/mol. The van der Waals surface area contributed by atoms with E-state index in [2.05, 4.69) is 49.1 Å². The van der Waals surface area contributed by atoms with Crippen molar-refractivity contribution in [2.24, 2.45) is 0 Å². The highest BCUT2D eigenvalue weighted by molar-refractivity contribution is 6.00. The predicted molar refractivity (Wildman–Crippen MR) is 153 cm³/mol. The molecule has 0 bridgehead atoms. The number of carbonyl (C=O) groups is 1. The summed E-state index contributed by atoms with van der Waals surface area (Å²) in [6, 6.07) is 29.4. The van der Waals surface area contributed by atoms with E-state index in [1.807, 2.05) is 48.5 Å². The summed E-state index contributed by atoms with van der Waals surface area (Å²) in [6.07, 6.45) is 0. The van der Waals surface area contributed by atoms with Gasteiger partial charge in [-0.05, 0) is 65.2 Å². The molecule has 0 amide bonds. The fourth-order valence-electron chi connectivity index (χ4n) is 6.86. The smallest absolute Gasteiger partial charge is 0.340 e. The van der Waals surface area contributed by atoms with Crippen LogP contribution in [-0.2, 0) is 15.8 Å². The molecule has 0 fully saturated rings. The van der Waals surface area contributed by atoms with E-state index < -0.39 is 11.6 Å². The van der Waals surface area contributed by atoms with Crippen LogP contribution in [0.15, 0.2) is 91.0 Å². The third-order valence-electron chi connectivity index (χ3n) is 8.74. The van der Waals surface area contributed by atoms with Gasteiger partial charge in [0.05, 0.1) is 11.1 Å². The topological polar surface area (TPSA) is 38.8 Å². The number of hydrogen-bond acceptors (Lipinski definition) is 4. The highest BCUT2D eigenvalue weighted by Crippen LogP contribution is 2.59. The Morgan fingerprint density at radius 1 is 0.825 bits per heavy atom. The first-order valence-electron chi connectivity index (χ1n) is 13.5. The molecule has 3 aliphatic rings. The molecule has 196 valence electrons. The minimum atomic E-state index is -1.34. The number of rotatable bonds is 1. The summed E-state index contributed by atoms with van der Waals surface area (Å²) in [5.74, 6) is 0.333. The number of anilines is 2. The number of para-hydroxylation sites is 1. The van der Waals surface area contributed by atoms with Gasteiger partial charge in [-0.3, -0.25) is 0 Å². The number of benzene rings is 5. The van der Waals surface area contributed by atoms with Gasteiger partial charge in [-0.15, -0.1) is 0 Å². The van der Waals surface area contributed by atoms with Gasteiger partial charge < -0.3 is 14.4 Å². The van der Waals surface area contributed by atoms with E-state index in [-0.39, 0.29) is 11.2 Å². The Kier molecular flexibility index (Phi) is 4.49. The van der Waals surface area contributed by atoms with E-state index in [1.54, 1.807) is 13.0 Å². The van der Waals surface area contributed by atoms with Gasteiger partial charge in [-0.25, -0.2) is 9.18 Å². The van der Waals surface area contributed by atoms with Crippen molar-refractivity contribution in [2.75, 3.05) is 11.4 Å². The molecule has 1 atom stereocenters. The minimum absolute atomic E-state index is 0.0185. The second kappa shape index (κ2) is 7.72. The summed E-state index contributed by atoms with van der Waals surface area (Å²) in [4.78, 5) is 15.8. The molecule has 5 heteroatoms. The van der Waals surface area contributed by atoms with Gasteiger partial charge >= 0.3 is 5.97 Å². The van der Waals surface area contributed by atoms with E-state index in [0.29, 0.717) is 39.3 Å². The molecule has 3 aliphatic heterocycles. The molecule has 3 heterocycles. The van der Waals surface area contributed by atoms with Crippen molar-refractivity contribution in [3.63, 3.8) is 0 Å². The third kappa shape index (κ3) is 2.92. The largest absolute Gasteiger partial charge is 0.456 e. The van der Waals surface area contributed by atoms with Crippen molar-refractivity contribution in [3.8, 4) is 11.5 Å². The zero-order valence-corrected chi connectivity index (χ0v) is 22.4. The lowest BCUT2D eigenvalue weighted by Gasteiger charge is -2.38. The van der Waals surface area contributed by atoms with Crippen molar-refractivity contribution in [1.82, 2.24) is 0 Å². The maximum Gasteiger partial charge on any atom is 0.340 e. The van der Waals surface area contributed by atoms with Gasteiger partial charge in [0.25, 0.3) is 0 Å². The van der Waals surface area contributed by atoms with E-state index in [0.717, 1.165) is 23.0 Å². The summed E-state index contributed by atoms with van der Waals surface area (Å²) >= 11 is 0. The van der Waals surface area contributed by atoms with Crippen LogP contribution in [-0.4, -0.2) is 12.5 Å². The van der Waals surface area contributed by atoms with Crippen molar-refractivity contribution in [2.45, 2.75) is 31.8 Å². The number of carbonyl (C=O) groups excluding carboxylic acids is 1. The minimum Gasteiger partial charge on any atom is -0.456 e. The molecule has 5 aromatic rings. The third-order valence-corrected chi connectivity index (χ3v) is 8.74. The Hall–Kier alpha value is -4.64. The maximum atomic E-state index is 15.2. The van der Waals surface area contributed by atoms with Crippen LogP contribution < -0.4 is 9.64 Å². The Labute approximate surface area is 231 Å². The zero-order chi connectivity index (χ0) is 27.4. The van der Waals surface area contributed by atoms with E-state index >= 15 is 4.39 Å². The molecule has 4 nitrogen and oxygen atoms in total. The normalized spacial score (nSPS) is 19.6. The highest BCUT2D eigenvalue weighted by Gasteiger charge is 2.55.